The summed E-state index contributed by atoms with van der Waals surface area (Å²) >= 11 is 1.20. The van der Waals surface area contributed by atoms with Crippen LogP contribution in [0.25, 0.3) is 0 Å². The van der Waals surface area contributed by atoms with Gasteiger partial charge in [-0.25, -0.2) is 13.8 Å². The van der Waals surface area contributed by atoms with E-state index < -0.39 is 59.2 Å². The molecule has 6 heterocycles. The van der Waals surface area contributed by atoms with E-state index in [9.17, 15) is 38.3 Å². The van der Waals surface area contributed by atoms with Gasteiger partial charge in [-0.3, -0.25) is 54.1 Å². The number of hydrogen-bond acceptors (Lipinski definition) is 12. The maximum atomic E-state index is 15.4. The van der Waals surface area contributed by atoms with Gasteiger partial charge in [0.05, 0.1) is 11.1 Å². The van der Waals surface area contributed by atoms with Crippen molar-refractivity contribution < 1.29 is 42.7 Å². The van der Waals surface area contributed by atoms with E-state index in [2.05, 4.69) is 30.3 Å². The number of halogens is 2. The zero-order valence-electron chi connectivity index (χ0n) is 32.2. The van der Waals surface area contributed by atoms with Crippen molar-refractivity contribution >= 4 is 57.6 Å². The van der Waals surface area contributed by atoms with Crippen LogP contribution in [0.2, 0.25) is 0 Å². The van der Waals surface area contributed by atoms with Gasteiger partial charge >= 0.3 is 0 Å². The van der Waals surface area contributed by atoms with Crippen LogP contribution in [0.15, 0.2) is 60.1 Å². The summed E-state index contributed by atoms with van der Waals surface area (Å²) in [5.74, 6) is -5.19. The fraction of sp³-hybridized carbons (Fsp3) is 0.357. The average molecular weight is 839 g/mol. The van der Waals surface area contributed by atoms with Gasteiger partial charge in [-0.15, -0.1) is 11.3 Å². The molecule has 3 fully saturated rings. The highest BCUT2D eigenvalue weighted by Crippen LogP contribution is 2.38. The quantitative estimate of drug-likeness (QED) is 0.210. The Morgan fingerprint density at radius 2 is 1.63 bits per heavy atom. The summed E-state index contributed by atoms with van der Waals surface area (Å²) in [6, 6.07) is 9.37. The first-order valence-electron chi connectivity index (χ1n) is 19.8. The Hall–Kier alpha value is -6.11. The van der Waals surface area contributed by atoms with Gasteiger partial charge in [0.15, 0.2) is 5.13 Å². The number of aromatic nitrogens is 1. The van der Waals surface area contributed by atoms with E-state index >= 15 is 4.39 Å². The number of hydrogen-bond donors (Lipinski definition) is 3. The Bertz CT molecular complexity index is 2430. The highest BCUT2D eigenvalue weighted by molar-refractivity contribution is 7.13. The Balaban J connectivity index is 0.805. The Morgan fingerprint density at radius 1 is 0.883 bits per heavy atom. The third-order valence-electron chi connectivity index (χ3n) is 12.2. The van der Waals surface area contributed by atoms with Crippen LogP contribution in [0.3, 0.4) is 0 Å². The molecule has 5 aliphatic heterocycles. The number of rotatable bonds is 9. The van der Waals surface area contributed by atoms with Gasteiger partial charge in [-0.05, 0) is 67.3 Å². The summed E-state index contributed by atoms with van der Waals surface area (Å²) in [5.41, 5.74) is 2.27. The fourth-order valence-electron chi connectivity index (χ4n) is 9.04. The van der Waals surface area contributed by atoms with Crippen molar-refractivity contribution in [1.82, 2.24) is 29.9 Å². The Labute approximate surface area is 346 Å². The maximum Gasteiger partial charge on any atom is 0.262 e. The van der Waals surface area contributed by atoms with Crippen LogP contribution in [0.5, 0.6) is 5.75 Å². The first-order chi connectivity index (χ1) is 28.9. The zero-order chi connectivity index (χ0) is 41.8. The number of carbonyl (C=O) groups excluding carboxylic acids is 6. The molecular weight excluding hydrogens is 799 g/mol. The molecule has 0 radical (unpaired) electrons. The number of aromatic hydroxyl groups is 1. The summed E-state index contributed by atoms with van der Waals surface area (Å²) in [4.78, 5) is 91.1. The number of anilines is 2. The lowest BCUT2D eigenvalue weighted by Crippen LogP contribution is -2.54. The second-order valence-electron chi connectivity index (χ2n) is 15.7. The summed E-state index contributed by atoms with van der Waals surface area (Å²) in [7, 11) is 0. The van der Waals surface area contributed by atoms with Crippen molar-refractivity contribution in [2.75, 3.05) is 49.5 Å². The van der Waals surface area contributed by atoms with Crippen LogP contribution in [0.1, 0.15) is 79.5 Å². The van der Waals surface area contributed by atoms with E-state index in [0.29, 0.717) is 41.0 Å². The molecule has 60 heavy (non-hydrogen) atoms. The Morgan fingerprint density at radius 3 is 2.35 bits per heavy atom. The molecule has 3 aromatic carbocycles. The number of thiazole rings is 1. The van der Waals surface area contributed by atoms with Crippen molar-refractivity contribution in [1.29, 1.82) is 0 Å². The average Bonchev–Trinajstić information content (AvgIpc) is 3.93. The highest BCUT2D eigenvalue weighted by atomic mass is 32.1. The van der Waals surface area contributed by atoms with Crippen LogP contribution in [-0.4, -0.2) is 116 Å². The van der Waals surface area contributed by atoms with Crippen molar-refractivity contribution in [3.8, 4) is 5.75 Å². The number of nitrogens with one attached hydrogen (secondary N) is 2. The molecule has 5 aliphatic rings. The lowest BCUT2D eigenvalue weighted by molar-refractivity contribution is -0.136. The molecule has 3 N–H and O–H groups in total. The van der Waals surface area contributed by atoms with E-state index in [1.165, 1.54) is 28.5 Å². The maximum absolute atomic E-state index is 15.4. The number of benzene rings is 3. The largest absolute Gasteiger partial charge is 0.508 e. The number of phenols is 1. The lowest BCUT2D eigenvalue weighted by Gasteiger charge is -2.43. The van der Waals surface area contributed by atoms with Crippen molar-refractivity contribution in [2.45, 2.75) is 56.9 Å². The molecule has 2 atom stereocenters. The number of amides is 6. The normalized spacial score (nSPS) is 20.7. The summed E-state index contributed by atoms with van der Waals surface area (Å²) in [6.45, 7) is 4.71. The standard InChI is InChI=1S/C42H40F2N8O7S/c43-25-2-5-34(53)31(18-25)36(38(56)47-42-45-9-16-60-42)51-22-23-1-3-27(19-28(23)39(51)57)49-10-7-26(8-11-49)50-14-12-48(13-15-50)21-24-17-29-30(20-32(24)44)41(59)52(40(29)58)33-4-6-35(54)46-37(33)55/h1-3,5,9,16-20,26,33,36,53H,4,6-8,10-15,21-22H2,(H,45,47,56)(H,46,54,55). The molecule has 18 heteroatoms. The van der Waals surface area contributed by atoms with Crippen LogP contribution in [0, 0.1) is 11.6 Å². The molecule has 1 aromatic heterocycles. The van der Waals surface area contributed by atoms with Crippen LogP contribution >= 0.6 is 11.3 Å². The van der Waals surface area contributed by atoms with Crippen molar-refractivity contribution in [2.24, 2.45) is 0 Å². The molecule has 15 nitrogen and oxygen atoms in total. The monoisotopic (exact) mass is 838 g/mol. The van der Waals surface area contributed by atoms with Gasteiger partial charge in [0, 0.05) is 98.8 Å². The van der Waals surface area contributed by atoms with Crippen LogP contribution in [0.4, 0.5) is 19.6 Å². The molecule has 2 unspecified atom stereocenters. The van der Waals surface area contributed by atoms with Gasteiger partial charge in [-0.2, -0.15) is 0 Å². The molecule has 0 bridgehead atoms. The third kappa shape index (κ3) is 7.28. The van der Waals surface area contributed by atoms with E-state index in [-0.39, 0.29) is 48.4 Å². The third-order valence-corrected chi connectivity index (χ3v) is 12.9. The molecule has 4 aromatic rings. The smallest absolute Gasteiger partial charge is 0.262 e. The molecule has 3 saturated heterocycles. The minimum atomic E-state index is -1.32. The zero-order valence-corrected chi connectivity index (χ0v) is 33.1. The van der Waals surface area contributed by atoms with Crippen molar-refractivity contribution in [3.05, 3.63) is 105 Å². The van der Waals surface area contributed by atoms with E-state index in [1.54, 1.807) is 5.38 Å². The van der Waals surface area contributed by atoms with E-state index in [1.807, 2.05) is 18.2 Å². The number of piperidine rings is 2. The molecule has 6 amide bonds. The van der Waals surface area contributed by atoms with Crippen LogP contribution < -0.4 is 15.5 Å². The predicted octanol–water partition coefficient (Wildman–Crippen LogP) is 3.65. The van der Waals surface area contributed by atoms with Crippen LogP contribution in [-0.2, 0) is 27.5 Å². The number of phenolic OH excluding ortho intramolecular Hbond substituents is 1. The summed E-state index contributed by atoms with van der Waals surface area (Å²) in [5, 5.41) is 17.6. The van der Waals surface area contributed by atoms with E-state index in [0.717, 1.165) is 73.9 Å². The van der Waals surface area contributed by atoms with E-state index in [4.69, 9.17) is 0 Å². The SMILES string of the molecule is O=C1CCC(N2C(=O)c3cc(F)c(CN4CCN(C5CCN(c6ccc7c(c6)C(=O)N(C(C(=O)Nc6nccs6)c6cc(F)ccc6O)C7)CC5)CC4)cc3C2=O)C(=O)N1. The first-order valence-corrected chi connectivity index (χ1v) is 20.7. The summed E-state index contributed by atoms with van der Waals surface area (Å²) in [6.07, 6.45) is 3.31. The number of imide groups is 2. The van der Waals surface area contributed by atoms with Crippen molar-refractivity contribution in [3.63, 3.8) is 0 Å². The van der Waals surface area contributed by atoms with Gasteiger partial charge in [-0.1, -0.05) is 6.07 Å². The topological polar surface area (TPSA) is 176 Å². The second-order valence-corrected chi connectivity index (χ2v) is 16.6. The Kier molecular flexibility index (Phi) is 10.4. The lowest BCUT2D eigenvalue weighted by atomic mass is 10.0. The minimum absolute atomic E-state index is 0.00100. The molecule has 0 aliphatic carbocycles. The molecular formula is C42H40F2N8O7S. The van der Waals surface area contributed by atoms with Gasteiger partial charge < -0.3 is 14.9 Å². The molecule has 9 rings (SSSR count). The highest BCUT2D eigenvalue weighted by Gasteiger charge is 2.45. The molecule has 310 valence electrons. The number of carbonyl (C=O) groups is 6. The number of fused-ring (bicyclic) bond motifs is 2. The first kappa shape index (κ1) is 39.4. The minimum Gasteiger partial charge on any atom is -0.508 e. The second kappa shape index (κ2) is 15.8. The van der Waals surface area contributed by atoms with Gasteiger partial charge in [0.1, 0.15) is 29.5 Å². The number of piperazine rings is 1. The fourth-order valence-corrected chi connectivity index (χ4v) is 9.58. The summed E-state index contributed by atoms with van der Waals surface area (Å²) < 4.78 is 29.8. The predicted molar refractivity (Wildman–Crippen MR) is 213 cm³/mol. The van der Waals surface area contributed by atoms with Gasteiger partial charge in [0.2, 0.25) is 11.8 Å². The number of nitrogens with zero attached hydrogens (tertiary/aromatic N) is 6. The molecule has 0 spiro atoms. The molecule has 0 saturated carbocycles. The van der Waals surface area contributed by atoms with Gasteiger partial charge in [0.25, 0.3) is 23.6 Å².